The van der Waals surface area contributed by atoms with Gasteiger partial charge in [0.15, 0.2) is 5.82 Å². The number of carboxylic acid groups (broad SMARTS) is 1. The third-order valence-corrected chi connectivity index (χ3v) is 10.3. The Balaban J connectivity index is 1.34. The molecule has 46 heavy (non-hydrogen) atoms. The van der Waals surface area contributed by atoms with Crippen LogP contribution >= 0.6 is 0 Å². The molecule has 1 aromatic carbocycles. The van der Waals surface area contributed by atoms with Crippen LogP contribution in [0.2, 0.25) is 0 Å². The number of methoxy groups -OCH3 is 1. The molecule has 2 aromatic heterocycles. The molecule has 5 atom stereocenters. The molecule has 11 nitrogen and oxygen atoms in total. The van der Waals surface area contributed by atoms with Crippen molar-refractivity contribution < 1.29 is 29.0 Å². The van der Waals surface area contributed by atoms with E-state index in [2.05, 4.69) is 19.2 Å². The first-order valence-electron chi connectivity index (χ1n) is 16.5. The van der Waals surface area contributed by atoms with Crippen LogP contribution in [0.25, 0.3) is 16.7 Å². The van der Waals surface area contributed by atoms with Gasteiger partial charge in [-0.05, 0) is 69.1 Å². The van der Waals surface area contributed by atoms with Crippen molar-refractivity contribution >= 4 is 28.7 Å². The first-order valence-corrected chi connectivity index (χ1v) is 16.5. The molecule has 0 radical (unpaired) electrons. The van der Waals surface area contributed by atoms with Crippen LogP contribution in [-0.2, 0) is 14.4 Å². The Morgan fingerprint density at radius 2 is 1.85 bits per heavy atom. The summed E-state index contributed by atoms with van der Waals surface area (Å²) >= 11 is 0. The standard InChI is InChI=1S/C35H45N5O6/c1-20(2)27-13-15-40(38-27)30-18-29(24-11-12-28(45-5)21(3)31(24)36-30)46-23-16-25-26(17-23)33(42)39(4)14-9-7-6-8-10-22-19-35(22,34(43)44)37-32(25)41/h11-13,15,18,20,22-23,25-26H,6-10,14,16-17,19H2,1-5H3,(H,37,41)(H,43,44)/t22-,23-,25-,26-,35-/m1/s1. The lowest BCUT2D eigenvalue weighted by molar-refractivity contribution is -0.145. The number of rotatable bonds is 6. The number of amides is 2. The predicted octanol–water partition coefficient (Wildman–Crippen LogP) is 5.02. The average molecular weight is 632 g/mol. The second-order valence-electron chi connectivity index (χ2n) is 13.7. The highest BCUT2D eigenvalue weighted by molar-refractivity contribution is 5.94. The zero-order chi connectivity index (χ0) is 32.7. The first kappa shape index (κ1) is 31.8. The smallest absolute Gasteiger partial charge is 0.329 e. The number of nitrogens with one attached hydrogen (secondary N) is 1. The van der Waals surface area contributed by atoms with Crippen LogP contribution in [0.15, 0.2) is 30.5 Å². The lowest BCUT2D eigenvalue weighted by Gasteiger charge is -2.26. The van der Waals surface area contributed by atoms with Gasteiger partial charge in [0.1, 0.15) is 23.1 Å². The number of hydrogen-bond acceptors (Lipinski definition) is 7. The summed E-state index contributed by atoms with van der Waals surface area (Å²) in [6, 6.07) is 7.62. The molecule has 0 spiro atoms. The van der Waals surface area contributed by atoms with Crippen LogP contribution in [0.3, 0.4) is 0 Å². The Morgan fingerprint density at radius 3 is 2.57 bits per heavy atom. The molecule has 2 aliphatic carbocycles. The topological polar surface area (TPSA) is 136 Å². The van der Waals surface area contributed by atoms with Crippen LogP contribution in [-0.4, -0.2) is 74.9 Å². The summed E-state index contributed by atoms with van der Waals surface area (Å²) in [5, 5.41) is 18.5. The van der Waals surface area contributed by atoms with Crippen molar-refractivity contribution in [3.8, 4) is 17.3 Å². The molecule has 3 fully saturated rings. The van der Waals surface area contributed by atoms with Gasteiger partial charge in [0, 0.05) is 36.8 Å². The third-order valence-electron chi connectivity index (χ3n) is 10.3. The van der Waals surface area contributed by atoms with E-state index in [4.69, 9.17) is 19.6 Å². The molecule has 1 saturated heterocycles. The van der Waals surface area contributed by atoms with E-state index in [1.807, 2.05) is 37.4 Å². The summed E-state index contributed by atoms with van der Waals surface area (Å²) in [7, 11) is 3.42. The van der Waals surface area contributed by atoms with Crippen molar-refractivity contribution in [2.45, 2.75) is 89.7 Å². The largest absolute Gasteiger partial charge is 0.496 e. The average Bonchev–Trinajstić information content (AvgIpc) is 3.33. The SMILES string of the molecule is COc1ccc2c(O[C@@H]3C[C@H]4C(=O)N[C@]5(C(=O)O)C[C@H]5CCCCCCN(C)C(=O)[C@@H]4C3)cc(-n3ccc(C(C)C)n3)nc2c1C. The molecular weight excluding hydrogens is 586 g/mol. The maximum Gasteiger partial charge on any atom is 0.329 e. The number of ether oxygens (including phenoxy) is 2. The molecular formula is C35H45N5O6. The summed E-state index contributed by atoms with van der Waals surface area (Å²) in [6.45, 7) is 6.74. The van der Waals surface area contributed by atoms with Crippen molar-refractivity contribution in [2.24, 2.45) is 17.8 Å². The lowest BCUT2D eigenvalue weighted by atomic mass is 9.92. The van der Waals surface area contributed by atoms with E-state index < -0.39 is 29.4 Å². The number of carbonyl (C=O) groups is 3. The number of aromatic nitrogens is 3. The van der Waals surface area contributed by atoms with Gasteiger partial charge in [-0.15, -0.1) is 0 Å². The van der Waals surface area contributed by atoms with Crippen molar-refractivity contribution in [1.82, 2.24) is 25.0 Å². The minimum atomic E-state index is -1.25. The quantitative estimate of drug-likeness (QED) is 0.387. The maximum atomic E-state index is 13.9. The number of hydrogen-bond donors (Lipinski definition) is 2. The van der Waals surface area contributed by atoms with E-state index in [0.717, 1.165) is 48.7 Å². The van der Waals surface area contributed by atoms with Gasteiger partial charge < -0.3 is 24.8 Å². The predicted molar refractivity (Wildman–Crippen MR) is 172 cm³/mol. The van der Waals surface area contributed by atoms with Crippen LogP contribution in [0, 0.1) is 24.7 Å². The number of benzene rings is 1. The minimum absolute atomic E-state index is 0.0810. The number of pyridine rings is 1. The summed E-state index contributed by atoms with van der Waals surface area (Å²) < 4.78 is 14.0. The van der Waals surface area contributed by atoms with Gasteiger partial charge in [0.25, 0.3) is 0 Å². The Morgan fingerprint density at radius 1 is 1.09 bits per heavy atom. The van der Waals surface area contributed by atoms with E-state index in [1.165, 1.54) is 0 Å². The van der Waals surface area contributed by atoms with Gasteiger partial charge in [-0.1, -0.05) is 33.1 Å². The first-order chi connectivity index (χ1) is 22.0. The van der Waals surface area contributed by atoms with E-state index in [9.17, 15) is 19.5 Å². The Bertz CT molecular complexity index is 1650. The number of aryl methyl sites for hydroxylation is 1. The van der Waals surface area contributed by atoms with E-state index in [-0.39, 0.29) is 23.7 Å². The van der Waals surface area contributed by atoms with Crippen LogP contribution < -0.4 is 14.8 Å². The molecule has 3 aromatic rings. The molecule has 11 heteroatoms. The summed E-state index contributed by atoms with van der Waals surface area (Å²) in [6.07, 6.45) is 7.03. The molecule has 0 unspecified atom stereocenters. The van der Waals surface area contributed by atoms with Crippen molar-refractivity contribution in [3.63, 3.8) is 0 Å². The molecule has 6 rings (SSSR count). The van der Waals surface area contributed by atoms with Gasteiger partial charge >= 0.3 is 5.97 Å². The zero-order valence-corrected chi connectivity index (χ0v) is 27.4. The summed E-state index contributed by atoms with van der Waals surface area (Å²) in [5.41, 5.74) is 1.26. The zero-order valence-electron chi connectivity index (χ0n) is 27.4. The maximum absolute atomic E-state index is 13.9. The third kappa shape index (κ3) is 5.91. The molecule has 3 aliphatic rings. The van der Waals surface area contributed by atoms with Gasteiger partial charge in [0.2, 0.25) is 11.8 Å². The highest BCUT2D eigenvalue weighted by Gasteiger charge is 2.62. The van der Waals surface area contributed by atoms with E-state index in [0.29, 0.717) is 48.6 Å². The second kappa shape index (κ2) is 12.6. The fraction of sp³-hybridized carbons (Fsp3) is 0.571. The Kier molecular flexibility index (Phi) is 8.69. The fourth-order valence-electron chi connectivity index (χ4n) is 7.35. The Hall–Kier alpha value is -4.15. The highest BCUT2D eigenvalue weighted by Crippen LogP contribution is 2.48. The van der Waals surface area contributed by atoms with Crippen molar-refractivity contribution in [1.29, 1.82) is 0 Å². The molecule has 2 saturated carbocycles. The highest BCUT2D eigenvalue weighted by atomic mass is 16.5. The normalized spacial score (nSPS) is 27.1. The van der Waals surface area contributed by atoms with E-state index in [1.54, 1.807) is 23.7 Å². The minimum Gasteiger partial charge on any atom is -0.496 e. The molecule has 3 heterocycles. The monoisotopic (exact) mass is 631 g/mol. The number of fused-ring (bicyclic) bond motifs is 3. The number of carbonyl (C=O) groups excluding carboxylic acids is 2. The molecule has 246 valence electrons. The summed E-state index contributed by atoms with van der Waals surface area (Å²) in [4.78, 5) is 46.7. The molecule has 2 N–H and O–H groups in total. The van der Waals surface area contributed by atoms with Crippen molar-refractivity contribution in [2.75, 3.05) is 20.7 Å². The van der Waals surface area contributed by atoms with Crippen LogP contribution in [0.4, 0.5) is 0 Å². The van der Waals surface area contributed by atoms with Gasteiger partial charge in [0.05, 0.1) is 30.2 Å². The molecule has 2 amide bonds. The molecule has 0 bridgehead atoms. The second-order valence-corrected chi connectivity index (χ2v) is 13.7. The number of carboxylic acids is 1. The van der Waals surface area contributed by atoms with Gasteiger partial charge in [-0.2, -0.15) is 5.10 Å². The molecule has 1 aliphatic heterocycles. The van der Waals surface area contributed by atoms with Crippen LogP contribution in [0.1, 0.15) is 82.4 Å². The van der Waals surface area contributed by atoms with E-state index >= 15 is 0 Å². The number of aliphatic carboxylic acids is 1. The van der Waals surface area contributed by atoms with Gasteiger partial charge in [-0.25, -0.2) is 14.5 Å². The summed E-state index contributed by atoms with van der Waals surface area (Å²) in [5.74, 6) is -0.758. The van der Waals surface area contributed by atoms with Crippen molar-refractivity contribution in [3.05, 3.63) is 41.7 Å². The van der Waals surface area contributed by atoms with Gasteiger partial charge in [-0.3, -0.25) is 9.59 Å². The Labute approximate surface area is 269 Å². The van der Waals surface area contributed by atoms with Crippen LogP contribution in [0.5, 0.6) is 11.5 Å². The lowest BCUT2D eigenvalue weighted by Crippen LogP contribution is -2.49. The number of nitrogens with zero attached hydrogens (tertiary/aromatic N) is 4. The fourth-order valence-corrected chi connectivity index (χ4v) is 7.35.